The number of halogens is 2. The van der Waals surface area contributed by atoms with Crippen LogP contribution in [0.1, 0.15) is 24.2 Å². The number of aliphatic hydroxyl groups is 1. The summed E-state index contributed by atoms with van der Waals surface area (Å²) in [7, 11) is 0. The molecule has 0 aliphatic rings. The standard InChI is InChI=1S/C12H15F2NO3/c1-12(2,6-16)5-15-8-4-3-7(11(17)18)9(13)10(8)14/h3-4,15-16H,5-6H2,1-2H3,(H,17,18). The molecule has 100 valence electrons. The molecule has 1 aromatic rings. The van der Waals surface area contributed by atoms with Crippen LogP contribution in [0.3, 0.4) is 0 Å². The van der Waals surface area contributed by atoms with Crippen LogP contribution in [0.5, 0.6) is 0 Å². The van der Waals surface area contributed by atoms with Crippen molar-refractivity contribution in [2.24, 2.45) is 5.41 Å². The van der Waals surface area contributed by atoms with Crippen molar-refractivity contribution >= 4 is 11.7 Å². The summed E-state index contributed by atoms with van der Waals surface area (Å²) < 4.78 is 26.9. The number of nitrogens with one attached hydrogen (secondary N) is 1. The van der Waals surface area contributed by atoms with Crippen molar-refractivity contribution in [2.45, 2.75) is 13.8 Å². The number of aliphatic hydroxyl groups excluding tert-OH is 1. The molecule has 0 fully saturated rings. The van der Waals surface area contributed by atoms with Gasteiger partial charge in [-0.05, 0) is 12.1 Å². The minimum atomic E-state index is -1.52. The fraction of sp³-hybridized carbons (Fsp3) is 0.417. The van der Waals surface area contributed by atoms with Crippen LogP contribution >= 0.6 is 0 Å². The molecule has 0 aliphatic carbocycles. The number of hydrogen-bond donors (Lipinski definition) is 3. The molecule has 0 amide bonds. The van der Waals surface area contributed by atoms with E-state index < -0.39 is 28.6 Å². The van der Waals surface area contributed by atoms with Gasteiger partial charge in [0.1, 0.15) is 0 Å². The average Bonchev–Trinajstić information content (AvgIpc) is 2.30. The third-order valence-corrected chi connectivity index (χ3v) is 2.50. The number of carboxylic acids is 1. The van der Waals surface area contributed by atoms with Gasteiger partial charge in [-0.3, -0.25) is 0 Å². The molecular formula is C12H15F2NO3. The average molecular weight is 259 g/mol. The Kier molecular flexibility index (Phi) is 4.24. The van der Waals surface area contributed by atoms with Crippen LogP contribution < -0.4 is 5.32 Å². The van der Waals surface area contributed by atoms with Gasteiger partial charge in [0.25, 0.3) is 0 Å². The molecule has 1 aromatic carbocycles. The zero-order chi connectivity index (χ0) is 13.9. The van der Waals surface area contributed by atoms with Crippen molar-refractivity contribution in [3.8, 4) is 0 Å². The molecule has 0 radical (unpaired) electrons. The predicted octanol–water partition coefficient (Wildman–Crippen LogP) is 2.09. The topological polar surface area (TPSA) is 69.6 Å². The third-order valence-electron chi connectivity index (χ3n) is 2.50. The number of anilines is 1. The molecule has 0 aromatic heterocycles. The predicted molar refractivity (Wildman–Crippen MR) is 62.7 cm³/mol. The Morgan fingerprint density at radius 1 is 1.33 bits per heavy atom. The molecular weight excluding hydrogens is 244 g/mol. The molecule has 0 heterocycles. The maximum absolute atomic E-state index is 13.5. The monoisotopic (exact) mass is 259 g/mol. The van der Waals surface area contributed by atoms with Crippen LogP contribution in [0.15, 0.2) is 12.1 Å². The lowest BCUT2D eigenvalue weighted by molar-refractivity contribution is 0.0690. The lowest BCUT2D eigenvalue weighted by Crippen LogP contribution is -2.27. The summed E-state index contributed by atoms with van der Waals surface area (Å²) in [6.07, 6.45) is 0. The Morgan fingerprint density at radius 2 is 1.94 bits per heavy atom. The van der Waals surface area contributed by atoms with Crippen molar-refractivity contribution in [3.63, 3.8) is 0 Å². The van der Waals surface area contributed by atoms with E-state index >= 15 is 0 Å². The summed E-state index contributed by atoms with van der Waals surface area (Å²) in [5, 5.41) is 20.3. The zero-order valence-corrected chi connectivity index (χ0v) is 10.1. The highest BCUT2D eigenvalue weighted by Gasteiger charge is 2.20. The van der Waals surface area contributed by atoms with E-state index in [1.807, 2.05) is 0 Å². The van der Waals surface area contributed by atoms with Crippen LogP contribution in [-0.2, 0) is 0 Å². The molecule has 6 heteroatoms. The molecule has 0 unspecified atom stereocenters. The van der Waals surface area contributed by atoms with Crippen molar-refractivity contribution in [3.05, 3.63) is 29.3 Å². The van der Waals surface area contributed by atoms with Gasteiger partial charge in [-0.15, -0.1) is 0 Å². The Labute approximate surface area is 103 Å². The van der Waals surface area contributed by atoms with Gasteiger partial charge in [0.05, 0.1) is 11.3 Å². The minimum absolute atomic E-state index is 0.114. The normalized spacial score (nSPS) is 11.4. The third kappa shape index (κ3) is 3.16. The first kappa shape index (κ1) is 14.4. The summed E-state index contributed by atoms with van der Waals surface area (Å²) in [4.78, 5) is 10.6. The second kappa shape index (κ2) is 5.30. The number of carboxylic acid groups (broad SMARTS) is 1. The first-order chi connectivity index (χ1) is 8.28. The van der Waals surface area contributed by atoms with Crippen molar-refractivity contribution in [2.75, 3.05) is 18.5 Å². The van der Waals surface area contributed by atoms with Gasteiger partial charge in [-0.1, -0.05) is 13.8 Å². The first-order valence-electron chi connectivity index (χ1n) is 5.34. The van der Waals surface area contributed by atoms with Gasteiger partial charge < -0.3 is 15.5 Å². The Bertz CT molecular complexity index is 461. The Morgan fingerprint density at radius 3 is 2.44 bits per heavy atom. The van der Waals surface area contributed by atoms with E-state index in [1.54, 1.807) is 13.8 Å². The Balaban J connectivity index is 2.93. The fourth-order valence-corrected chi connectivity index (χ4v) is 1.24. The number of rotatable bonds is 5. The SMILES string of the molecule is CC(C)(CO)CNc1ccc(C(=O)O)c(F)c1F. The molecule has 18 heavy (non-hydrogen) atoms. The van der Waals surface area contributed by atoms with Gasteiger partial charge in [0.2, 0.25) is 0 Å². The van der Waals surface area contributed by atoms with E-state index in [-0.39, 0.29) is 18.8 Å². The molecule has 0 atom stereocenters. The summed E-state index contributed by atoms with van der Waals surface area (Å²) >= 11 is 0. The number of benzene rings is 1. The van der Waals surface area contributed by atoms with Crippen LogP contribution in [0, 0.1) is 17.0 Å². The van der Waals surface area contributed by atoms with Gasteiger partial charge in [0.15, 0.2) is 11.6 Å². The molecule has 0 saturated carbocycles. The molecule has 0 saturated heterocycles. The van der Waals surface area contributed by atoms with Gasteiger partial charge in [-0.25, -0.2) is 13.6 Å². The molecule has 1 rings (SSSR count). The highest BCUT2D eigenvalue weighted by atomic mass is 19.2. The lowest BCUT2D eigenvalue weighted by Gasteiger charge is -2.22. The second-order valence-corrected chi connectivity index (χ2v) is 4.77. The van der Waals surface area contributed by atoms with Crippen molar-refractivity contribution in [1.29, 1.82) is 0 Å². The van der Waals surface area contributed by atoms with Crippen LogP contribution in [0.2, 0.25) is 0 Å². The van der Waals surface area contributed by atoms with E-state index in [1.165, 1.54) is 0 Å². The summed E-state index contributed by atoms with van der Waals surface area (Å²) in [6.45, 7) is 3.61. The quantitative estimate of drug-likeness (QED) is 0.757. The highest BCUT2D eigenvalue weighted by Crippen LogP contribution is 2.22. The van der Waals surface area contributed by atoms with E-state index in [0.717, 1.165) is 12.1 Å². The number of aromatic carboxylic acids is 1. The first-order valence-corrected chi connectivity index (χ1v) is 5.34. The fourth-order valence-electron chi connectivity index (χ4n) is 1.24. The van der Waals surface area contributed by atoms with E-state index in [0.29, 0.717) is 0 Å². The highest BCUT2D eigenvalue weighted by molar-refractivity contribution is 5.88. The van der Waals surface area contributed by atoms with E-state index in [2.05, 4.69) is 5.32 Å². The van der Waals surface area contributed by atoms with Gasteiger partial charge >= 0.3 is 5.97 Å². The molecule has 4 nitrogen and oxygen atoms in total. The van der Waals surface area contributed by atoms with Crippen LogP contribution in [0.4, 0.5) is 14.5 Å². The van der Waals surface area contributed by atoms with Crippen LogP contribution in [0.25, 0.3) is 0 Å². The van der Waals surface area contributed by atoms with Crippen molar-refractivity contribution < 1.29 is 23.8 Å². The smallest absolute Gasteiger partial charge is 0.338 e. The maximum atomic E-state index is 13.5. The van der Waals surface area contributed by atoms with Gasteiger partial charge in [0, 0.05) is 18.6 Å². The van der Waals surface area contributed by atoms with Crippen LogP contribution in [-0.4, -0.2) is 29.3 Å². The number of hydrogen-bond acceptors (Lipinski definition) is 3. The van der Waals surface area contributed by atoms with Gasteiger partial charge in [-0.2, -0.15) is 0 Å². The minimum Gasteiger partial charge on any atom is -0.478 e. The molecule has 3 N–H and O–H groups in total. The maximum Gasteiger partial charge on any atom is 0.338 e. The lowest BCUT2D eigenvalue weighted by atomic mass is 9.95. The molecule has 0 bridgehead atoms. The molecule has 0 aliphatic heterocycles. The second-order valence-electron chi connectivity index (χ2n) is 4.77. The summed E-state index contributed by atoms with van der Waals surface area (Å²) in [6, 6.07) is 2.16. The zero-order valence-electron chi connectivity index (χ0n) is 10.1. The van der Waals surface area contributed by atoms with E-state index in [4.69, 9.17) is 10.2 Å². The van der Waals surface area contributed by atoms with E-state index in [9.17, 15) is 13.6 Å². The summed E-state index contributed by atoms with van der Waals surface area (Å²) in [5.41, 5.74) is -1.33. The summed E-state index contributed by atoms with van der Waals surface area (Å²) in [5.74, 6) is -4.15. The Hall–Kier alpha value is -1.69. The van der Waals surface area contributed by atoms with Crippen molar-refractivity contribution in [1.82, 2.24) is 0 Å². The number of carbonyl (C=O) groups is 1. The molecule has 0 spiro atoms. The largest absolute Gasteiger partial charge is 0.478 e.